The van der Waals surface area contributed by atoms with Gasteiger partial charge >= 0.3 is 0 Å². The lowest BCUT2D eigenvalue weighted by atomic mass is 9.83. The Morgan fingerprint density at radius 1 is 1.19 bits per heavy atom. The summed E-state index contributed by atoms with van der Waals surface area (Å²) in [7, 11) is 0.0203. The van der Waals surface area contributed by atoms with Crippen molar-refractivity contribution in [2.75, 3.05) is 33.7 Å². The third kappa shape index (κ3) is 3.89. The Hall–Kier alpha value is -1.19. The SMILES string of the molecule is CN(C)C(=O)C1CNNC1C1CCN(S(=O)(=O)c2ccc(Cl)cc2)CC1. The molecule has 0 aliphatic carbocycles. The number of nitrogens with zero attached hydrogens (tertiary/aromatic N) is 2. The Kier molecular flexibility index (Phi) is 5.88. The lowest BCUT2D eigenvalue weighted by Crippen LogP contribution is -2.48. The van der Waals surface area contributed by atoms with Gasteiger partial charge in [0.1, 0.15) is 0 Å². The van der Waals surface area contributed by atoms with Crippen LogP contribution in [0.2, 0.25) is 5.02 Å². The van der Waals surface area contributed by atoms with Gasteiger partial charge in [-0.15, -0.1) is 0 Å². The fraction of sp³-hybridized carbons (Fsp3) is 0.588. The van der Waals surface area contributed by atoms with Gasteiger partial charge < -0.3 is 4.90 Å². The Morgan fingerprint density at radius 2 is 1.81 bits per heavy atom. The first-order valence-electron chi connectivity index (χ1n) is 8.76. The summed E-state index contributed by atoms with van der Waals surface area (Å²) < 4.78 is 27.1. The maximum absolute atomic E-state index is 12.8. The number of piperidine rings is 1. The summed E-state index contributed by atoms with van der Waals surface area (Å²) in [5, 5.41) is 0.513. The highest BCUT2D eigenvalue weighted by Gasteiger charge is 2.41. The molecule has 1 amide bonds. The Morgan fingerprint density at radius 3 is 2.38 bits per heavy atom. The summed E-state index contributed by atoms with van der Waals surface area (Å²) >= 11 is 5.85. The maximum atomic E-state index is 12.8. The molecule has 2 N–H and O–H groups in total. The molecule has 144 valence electrons. The fourth-order valence-electron chi connectivity index (χ4n) is 3.76. The summed E-state index contributed by atoms with van der Waals surface area (Å²) in [5.41, 5.74) is 6.31. The molecule has 1 aromatic rings. The van der Waals surface area contributed by atoms with Gasteiger partial charge in [0.15, 0.2) is 0 Å². The number of hydrogen-bond donors (Lipinski definition) is 2. The van der Waals surface area contributed by atoms with Crippen LogP contribution in [0.15, 0.2) is 29.2 Å². The quantitative estimate of drug-likeness (QED) is 0.785. The van der Waals surface area contributed by atoms with Crippen LogP contribution in [0.25, 0.3) is 0 Å². The molecule has 2 unspecified atom stereocenters. The standard InChI is InChI=1S/C17H25ClN4O3S/c1-21(2)17(23)15-11-19-20-16(15)12-7-9-22(10-8-12)26(24,25)14-5-3-13(18)4-6-14/h3-6,12,15-16,19-20H,7-11H2,1-2H3. The first kappa shape index (κ1) is 19.6. The van der Waals surface area contributed by atoms with Crippen LogP contribution in [-0.2, 0) is 14.8 Å². The highest BCUT2D eigenvalue weighted by molar-refractivity contribution is 7.89. The van der Waals surface area contributed by atoms with Crippen molar-refractivity contribution in [3.05, 3.63) is 29.3 Å². The van der Waals surface area contributed by atoms with E-state index in [1.54, 1.807) is 31.1 Å². The molecule has 0 saturated carbocycles. The van der Waals surface area contributed by atoms with Gasteiger partial charge in [0.25, 0.3) is 0 Å². The summed E-state index contributed by atoms with van der Waals surface area (Å²) in [6.45, 7) is 1.51. The van der Waals surface area contributed by atoms with Crippen LogP contribution in [0.5, 0.6) is 0 Å². The minimum atomic E-state index is -3.51. The molecular weight excluding hydrogens is 376 g/mol. The summed E-state index contributed by atoms with van der Waals surface area (Å²) in [4.78, 5) is 14.2. The van der Waals surface area contributed by atoms with E-state index in [0.29, 0.717) is 24.7 Å². The van der Waals surface area contributed by atoms with Crippen molar-refractivity contribution in [1.29, 1.82) is 0 Å². The zero-order valence-electron chi connectivity index (χ0n) is 15.0. The number of hydrogen-bond acceptors (Lipinski definition) is 5. The molecule has 2 saturated heterocycles. The summed E-state index contributed by atoms with van der Waals surface area (Å²) in [5.74, 6) is 0.244. The van der Waals surface area contributed by atoms with Crippen molar-refractivity contribution in [1.82, 2.24) is 20.1 Å². The molecule has 9 heteroatoms. The monoisotopic (exact) mass is 400 g/mol. The molecule has 0 spiro atoms. The molecule has 2 fully saturated rings. The molecule has 2 atom stereocenters. The van der Waals surface area contributed by atoms with E-state index >= 15 is 0 Å². The molecule has 2 aliphatic rings. The molecule has 26 heavy (non-hydrogen) atoms. The van der Waals surface area contributed by atoms with Crippen LogP contribution in [0.1, 0.15) is 12.8 Å². The van der Waals surface area contributed by atoms with Gasteiger partial charge in [-0.1, -0.05) is 11.6 Å². The van der Waals surface area contributed by atoms with E-state index in [0.717, 1.165) is 12.8 Å². The average molecular weight is 401 g/mol. The molecule has 1 aromatic carbocycles. The van der Waals surface area contributed by atoms with Gasteiger partial charge in [-0.05, 0) is 43.0 Å². The smallest absolute Gasteiger partial charge is 0.243 e. The number of carbonyl (C=O) groups is 1. The predicted molar refractivity (Wildman–Crippen MR) is 100 cm³/mol. The number of nitrogens with one attached hydrogen (secondary N) is 2. The third-order valence-electron chi connectivity index (χ3n) is 5.24. The van der Waals surface area contributed by atoms with E-state index in [9.17, 15) is 13.2 Å². The zero-order chi connectivity index (χ0) is 18.9. The number of halogens is 1. The zero-order valence-corrected chi connectivity index (χ0v) is 16.6. The van der Waals surface area contributed by atoms with Crippen molar-refractivity contribution < 1.29 is 13.2 Å². The molecule has 2 heterocycles. The fourth-order valence-corrected chi connectivity index (χ4v) is 5.36. The van der Waals surface area contributed by atoms with E-state index in [4.69, 9.17) is 11.6 Å². The third-order valence-corrected chi connectivity index (χ3v) is 7.40. The van der Waals surface area contributed by atoms with Crippen molar-refractivity contribution >= 4 is 27.5 Å². The normalized spacial score (nSPS) is 25.3. The van der Waals surface area contributed by atoms with Crippen molar-refractivity contribution in [3.63, 3.8) is 0 Å². The van der Waals surface area contributed by atoms with Gasteiger partial charge in [0, 0.05) is 44.8 Å². The maximum Gasteiger partial charge on any atom is 0.243 e. The van der Waals surface area contributed by atoms with Crippen LogP contribution in [0, 0.1) is 11.8 Å². The van der Waals surface area contributed by atoms with Crippen LogP contribution < -0.4 is 10.9 Å². The number of sulfonamides is 1. The number of carbonyl (C=O) groups excluding carboxylic acids is 1. The molecule has 7 nitrogen and oxygen atoms in total. The van der Waals surface area contributed by atoms with Gasteiger partial charge in [0.05, 0.1) is 10.8 Å². The molecule has 3 rings (SSSR count). The molecule has 0 radical (unpaired) electrons. The highest BCUT2D eigenvalue weighted by Crippen LogP contribution is 2.30. The van der Waals surface area contributed by atoms with E-state index in [1.165, 1.54) is 16.4 Å². The Labute approximate surface area is 159 Å². The summed E-state index contributed by atoms with van der Waals surface area (Å²) in [6, 6.07) is 6.29. The largest absolute Gasteiger partial charge is 0.348 e. The minimum Gasteiger partial charge on any atom is -0.348 e. The van der Waals surface area contributed by atoms with Gasteiger partial charge in [-0.25, -0.2) is 8.42 Å². The van der Waals surface area contributed by atoms with E-state index in [2.05, 4.69) is 10.9 Å². The second kappa shape index (κ2) is 7.82. The van der Waals surface area contributed by atoms with E-state index in [-0.39, 0.29) is 28.7 Å². The summed E-state index contributed by atoms with van der Waals surface area (Å²) in [6.07, 6.45) is 1.45. The molecule has 0 bridgehead atoms. The minimum absolute atomic E-state index is 0.0327. The number of amides is 1. The first-order chi connectivity index (χ1) is 12.3. The van der Waals surface area contributed by atoms with Crippen molar-refractivity contribution in [2.24, 2.45) is 11.8 Å². The van der Waals surface area contributed by atoms with Gasteiger partial charge in [0.2, 0.25) is 15.9 Å². The average Bonchev–Trinajstić information content (AvgIpc) is 3.11. The van der Waals surface area contributed by atoms with Crippen molar-refractivity contribution in [3.8, 4) is 0 Å². The first-order valence-corrected chi connectivity index (χ1v) is 10.6. The van der Waals surface area contributed by atoms with Crippen LogP contribution in [0.3, 0.4) is 0 Å². The predicted octanol–water partition coefficient (Wildman–Crippen LogP) is 0.922. The van der Waals surface area contributed by atoms with Crippen LogP contribution in [-0.4, -0.2) is 63.3 Å². The lowest BCUT2D eigenvalue weighted by molar-refractivity contribution is -0.133. The van der Waals surface area contributed by atoms with Crippen LogP contribution in [0.4, 0.5) is 0 Å². The number of benzene rings is 1. The molecule has 2 aliphatic heterocycles. The van der Waals surface area contributed by atoms with Gasteiger partial charge in [-0.2, -0.15) is 4.31 Å². The lowest BCUT2D eigenvalue weighted by Gasteiger charge is -2.35. The number of rotatable bonds is 4. The topological polar surface area (TPSA) is 81.8 Å². The van der Waals surface area contributed by atoms with Crippen LogP contribution >= 0.6 is 11.6 Å². The van der Waals surface area contributed by atoms with Crippen molar-refractivity contribution in [2.45, 2.75) is 23.8 Å². The van der Waals surface area contributed by atoms with E-state index < -0.39 is 10.0 Å². The second-order valence-electron chi connectivity index (χ2n) is 7.09. The Balaban J connectivity index is 1.65. The van der Waals surface area contributed by atoms with E-state index in [1.807, 2.05) is 0 Å². The Bertz CT molecular complexity index is 746. The second-order valence-corrected chi connectivity index (χ2v) is 9.46. The number of hydrazine groups is 1. The molecular formula is C17H25ClN4O3S. The van der Waals surface area contributed by atoms with Gasteiger partial charge in [-0.3, -0.25) is 15.6 Å². The molecule has 0 aromatic heterocycles. The highest BCUT2D eigenvalue weighted by atomic mass is 35.5.